The second-order valence-corrected chi connectivity index (χ2v) is 8.37. The molecule has 1 unspecified atom stereocenters. The van der Waals surface area contributed by atoms with Crippen molar-refractivity contribution in [2.24, 2.45) is 0 Å². The second-order valence-electron chi connectivity index (χ2n) is 8.37. The van der Waals surface area contributed by atoms with Crippen LogP contribution in [0.3, 0.4) is 0 Å². The number of hydrogen-bond donors (Lipinski definition) is 1. The fourth-order valence-electron chi connectivity index (χ4n) is 3.65. The lowest BCUT2D eigenvalue weighted by Gasteiger charge is -2.31. The average molecular weight is 384 g/mol. The standard InChI is InChI=1S/C23H42NO.ClH/c1-5-6-7-8-9-10-11-12-13-16-19-24(3,4)20-22-17-14-15-18-23(22)21(2)25;/h14-15,17-18,21,25H,5-13,16,19-20H2,1-4H3;1H/q+1;/p-1. The number of unbranched alkanes of at least 4 members (excludes halogenated alkanes) is 9. The molecule has 0 aliphatic carbocycles. The molecule has 26 heavy (non-hydrogen) atoms. The van der Waals surface area contributed by atoms with Gasteiger partial charge in [-0.05, 0) is 25.3 Å². The first-order valence-electron chi connectivity index (χ1n) is 10.5. The molecular weight excluding hydrogens is 342 g/mol. The Kier molecular flexibility index (Phi) is 14.2. The second kappa shape index (κ2) is 14.5. The maximum Gasteiger partial charge on any atom is 0.104 e. The zero-order chi connectivity index (χ0) is 18.5. The van der Waals surface area contributed by atoms with E-state index in [9.17, 15) is 5.11 Å². The highest BCUT2D eigenvalue weighted by Crippen LogP contribution is 2.21. The van der Waals surface area contributed by atoms with Crippen LogP contribution >= 0.6 is 0 Å². The van der Waals surface area contributed by atoms with Crippen molar-refractivity contribution in [1.29, 1.82) is 0 Å². The molecule has 0 radical (unpaired) electrons. The first-order valence-corrected chi connectivity index (χ1v) is 10.5. The van der Waals surface area contributed by atoms with E-state index in [1.54, 1.807) is 0 Å². The monoisotopic (exact) mass is 383 g/mol. The van der Waals surface area contributed by atoms with Crippen LogP contribution in [0.1, 0.15) is 95.3 Å². The molecule has 1 rings (SSSR count). The summed E-state index contributed by atoms with van der Waals surface area (Å²) in [4.78, 5) is 0. The van der Waals surface area contributed by atoms with Gasteiger partial charge in [0.25, 0.3) is 0 Å². The third-order valence-corrected chi connectivity index (χ3v) is 5.22. The Morgan fingerprint density at radius 3 is 1.88 bits per heavy atom. The largest absolute Gasteiger partial charge is 1.00 e. The fourth-order valence-corrected chi connectivity index (χ4v) is 3.65. The van der Waals surface area contributed by atoms with Crippen LogP contribution in [0, 0.1) is 0 Å². The van der Waals surface area contributed by atoms with Gasteiger partial charge in [0.2, 0.25) is 0 Å². The summed E-state index contributed by atoms with van der Waals surface area (Å²) in [6.07, 6.45) is 13.5. The Morgan fingerprint density at radius 1 is 0.846 bits per heavy atom. The lowest BCUT2D eigenvalue weighted by molar-refractivity contribution is -0.903. The van der Waals surface area contributed by atoms with Gasteiger partial charge in [-0.25, -0.2) is 0 Å². The number of aliphatic hydroxyl groups is 1. The van der Waals surface area contributed by atoms with E-state index in [-0.39, 0.29) is 18.5 Å². The van der Waals surface area contributed by atoms with Crippen LogP contribution in [0.25, 0.3) is 0 Å². The first kappa shape index (κ1) is 25.4. The van der Waals surface area contributed by atoms with Gasteiger partial charge < -0.3 is 22.0 Å². The Balaban J connectivity index is 0.00000625. The van der Waals surface area contributed by atoms with Gasteiger partial charge in [0.1, 0.15) is 6.54 Å². The van der Waals surface area contributed by atoms with Crippen LogP contribution in [-0.2, 0) is 6.54 Å². The number of nitrogens with zero attached hydrogens (tertiary/aromatic N) is 1. The topological polar surface area (TPSA) is 20.2 Å². The minimum atomic E-state index is -0.381. The van der Waals surface area contributed by atoms with Gasteiger partial charge in [0.05, 0.1) is 26.7 Å². The molecule has 0 fully saturated rings. The summed E-state index contributed by atoms with van der Waals surface area (Å²) in [7, 11) is 4.62. The van der Waals surface area contributed by atoms with Crippen molar-refractivity contribution in [2.45, 2.75) is 90.7 Å². The molecule has 0 heterocycles. The summed E-state index contributed by atoms with van der Waals surface area (Å²) >= 11 is 0. The third kappa shape index (κ3) is 11.2. The van der Waals surface area contributed by atoms with Crippen LogP contribution in [0.2, 0.25) is 0 Å². The van der Waals surface area contributed by atoms with E-state index in [1.165, 1.54) is 76.3 Å². The molecule has 1 N–H and O–H groups in total. The van der Waals surface area contributed by atoms with Gasteiger partial charge in [-0.15, -0.1) is 0 Å². The molecule has 0 saturated carbocycles. The molecular formula is C23H42ClNO. The molecule has 3 heteroatoms. The zero-order valence-corrected chi connectivity index (χ0v) is 18.4. The van der Waals surface area contributed by atoms with E-state index >= 15 is 0 Å². The van der Waals surface area contributed by atoms with Crippen LogP contribution < -0.4 is 12.4 Å². The van der Waals surface area contributed by atoms with Gasteiger partial charge >= 0.3 is 0 Å². The van der Waals surface area contributed by atoms with Crippen LogP contribution in [0.5, 0.6) is 0 Å². The predicted molar refractivity (Wildman–Crippen MR) is 110 cm³/mol. The maximum atomic E-state index is 9.96. The molecule has 2 nitrogen and oxygen atoms in total. The molecule has 1 aromatic rings. The van der Waals surface area contributed by atoms with E-state index in [2.05, 4.69) is 39.2 Å². The molecule has 1 atom stereocenters. The van der Waals surface area contributed by atoms with Gasteiger partial charge in [-0.3, -0.25) is 0 Å². The smallest absolute Gasteiger partial charge is 0.104 e. The molecule has 0 spiro atoms. The van der Waals surface area contributed by atoms with E-state index in [1.807, 2.05) is 13.0 Å². The van der Waals surface area contributed by atoms with E-state index in [0.717, 1.165) is 16.6 Å². The van der Waals surface area contributed by atoms with Crippen molar-refractivity contribution in [2.75, 3.05) is 20.6 Å². The van der Waals surface area contributed by atoms with E-state index in [0.29, 0.717) is 0 Å². The van der Waals surface area contributed by atoms with Crippen molar-refractivity contribution in [3.8, 4) is 0 Å². The lowest BCUT2D eigenvalue weighted by atomic mass is 10.0. The number of aliphatic hydroxyl groups excluding tert-OH is 1. The van der Waals surface area contributed by atoms with Gasteiger partial charge in [0.15, 0.2) is 0 Å². The zero-order valence-electron chi connectivity index (χ0n) is 17.6. The summed E-state index contributed by atoms with van der Waals surface area (Å²) in [6.45, 7) is 6.35. The highest BCUT2D eigenvalue weighted by Gasteiger charge is 2.18. The molecule has 0 aliphatic heterocycles. The first-order chi connectivity index (χ1) is 12.0. The fraction of sp³-hybridized carbons (Fsp3) is 0.739. The van der Waals surface area contributed by atoms with Crippen molar-refractivity contribution >= 4 is 0 Å². The Hall–Kier alpha value is -0.570. The molecule has 0 aliphatic rings. The molecule has 0 amide bonds. The van der Waals surface area contributed by atoms with Crippen molar-refractivity contribution in [3.63, 3.8) is 0 Å². The SMILES string of the molecule is CCCCCCCCCCCC[N+](C)(C)Cc1ccccc1C(C)O.[Cl-]. The van der Waals surface area contributed by atoms with E-state index < -0.39 is 0 Å². The summed E-state index contributed by atoms with van der Waals surface area (Å²) in [6, 6.07) is 8.33. The number of benzene rings is 1. The Morgan fingerprint density at radius 2 is 1.35 bits per heavy atom. The molecule has 152 valence electrons. The predicted octanol–water partition coefficient (Wildman–Crippen LogP) is 3.24. The van der Waals surface area contributed by atoms with Crippen LogP contribution in [0.15, 0.2) is 24.3 Å². The van der Waals surface area contributed by atoms with E-state index in [4.69, 9.17) is 0 Å². The highest BCUT2D eigenvalue weighted by molar-refractivity contribution is 5.28. The summed E-state index contributed by atoms with van der Waals surface area (Å²) in [5, 5.41) is 9.96. The highest BCUT2D eigenvalue weighted by atomic mass is 35.5. The minimum absolute atomic E-state index is 0. The average Bonchev–Trinajstić information content (AvgIpc) is 2.56. The van der Waals surface area contributed by atoms with Gasteiger partial charge in [-0.2, -0.15) is 0 Å². The number of quaternary nitrogens is 1. The number of rotatable bonds is 14. The number of halogens is 1. The number of hydrogen-bond acceptors (Lipinski definition) is 1. The summed E-state index contributed by atoms with van der Waals surface area (Å²) in [5.74, 6) is 0. The maximum absolute atomic E-state index is 9.96. The summed E-state index contributed by atoms with van der Waals surface area (Å²) < 4.78 is 1.00. The van der Waals surface area contributed by atoms with Gasteiger partial charge in [0, 0.05) is 5.56 Å². The van der Waals surface area contributed by atoms with Crippen molar-refractivity contribution in [1.82, 2.24) is 0 Å². The molecule has 0 bridgehead atoms. The quantitative estimate of drug-likeness (QED) is 0.386. The van der Waals surface area contributed by atoms with Crippen LogP contribution in [-0.4, -0.2) is 30.2 Å². The Bertz CT molecular complexity index is 459. The normalized spacial score (nSPS) is 12.7. The van der Waals surface area contributed by atoms with Gasteiger partial charge in [-0.1, -0.05) is 82.6 Å². The Labute approximate surface area is 169 Å². The van der Waals surface area contributed by atoms with Crippen molar-refractivity contribution in [3.05, 3.63) is 35.4 Å². The summed E-state index contributed by atoms with van der Waals surface area (Å²) in [5.41, 5.74) is 2.37. The molecule has 0 saturated heterocycles. The lowest BCUT2D eigenvalue weighted by Crippen LogP contribution is -3.00. The van der Waals surface area contributed by atoms with Crippen LogP contribution in [0.4, 0.5) is 0 Å². The molecule has 0 aromatic heterocycles. The molecule has 1 aromatic carbocycles. The third-order valence-electron chi connectivity index (χ3n) is 5.22. The van der Waals surface area contributed by atoms with Crippen molar-refractivity contribution < 1.29 is 22.0 Å². The minimum Gasteiger partial charge on any atom is -1.00 e.